The van der Waals surface area contributed by atoms with Gasteiger partial charge in [0.05, 0.1) is 26.4 Å². The highest BCUT2D eigenvalue weighted by atomic mass is 31.2. The standard InChI is InChI=1S/C87H146O16P2/c1-4-7-10-13-16-19-22-25-28-30-32-34-35-36-37-38-39-40-41-42-43-44-45-47-49-50-53-55-58-61-64-67-70-73-85(90)97-76-82(88)77-99-104(93,94)100-78-83(89)79-101-105(95,96)102-81-84(103-87(92)75-72-69-66-63-60-57-52-27-24-21-18-15-12-9-6-3)80-98-86(91)74-71-68-65-62-59-56-54-51-48-46-33-31-29-26-23-20-17-14-11-8-5-2/h7-12,16-21,25-29,32-34,36-37,46,51-52,54,82-84,88-89H,4-6,13-15,22-24,30-31,35,38-45,47-50,53,55-81H2,1-3H3,(H,93,94)(H,95,96)/b10-7-,11-8-,12-9-,19-16-,20-17-,21-18-,28-25-,29-26-,34-32-,37-36-,46-33-,52-27-,54-51-. The van der Waals surface area contributed by atoms with Crippen LogP contribution < -0.4 is 0 Å². The number of phosphoric acid groups is 2. The Bertz CT molecular complexity index is 2540. The zero-order chi connectivity index (χ0) is 76.6. The number of aliphatic hydroxyl groups is 2. The van der Waals surface area contributed by atoms with Gasteiger partial charge in [-0.25, -0.2) is 9.13 Å². The molecular formula is C87H146O16P2. The summed E-state index contributed by atoms with van der Waals surface area (Å²) in [6.07, 6.45) is 98.8. The van der Waals surface area contributed by atoms with Crippen molar-refractivity contribution in [2.45, 2.75) is 334 Å². The van der Waals surface area contributed by atoms with Crippen LogP contribution in [0.5, 0.6) is 0 Å². The van der Waals surface area contributed by atoms with Crippen molar-refractivity contribution in [1.82, 2.24) is 0 Å². The van der Waals surface area contributed by atoms with Crippen LogP contribution in [0.1, 0.15) is 316 Å². The van der Waals surface area contributed by atoms with E-state index in [1.54, 1.807) is 0 Å². The van der Waals surface area contributed by atoms with E-state index < -0.39 is 91.5 Å². The molecule has 0 aromatic rings. The highest BCUT2D eigenvalue weighted by Crippen LogP contribution is 2.45. The molecule has 600 valence electrons. The molecule has 16 nitrogen and oxygen atoms in total. The first-order valence-electron chi connectivity index (χ1n) is 40.8. The Balaban J connectivity index is 4.48. The molecule has 0 aromatic heterocycles. The van der Waals surface area contributed by atoms with Crippen molar-refractivity contribution >= 4 is 33.6 Å². The van der Waals surface area contributed by atoms with E-state index in [2.05, 4.69) is 179 Å². The third-order valence-corrected chi connectivity index (χ3v) is 18.6. The van der Waals surface area contributed by atoms with Gasteiger partial charge in [-0.2, -0.15) is 0 Å². The van der Waals surface area contributed by atoms with Gasteiger partial charge in [-0.3, -0.25) is 32.5 Å². The second kappa shape index (κ2) is 78.7. The Morgan fingerprint density at radius 3 is 0.752 bits per heavy atom. The second-order valence-corrected chi connectivity index (χ2v) is 29.7. The van der Waals surface area contributed by atoms with Crippen LogP contribution in [-0.2, 0) is 55.8 Å². The van der Waals surface area contributed by atoms with Crippen molar-refractivity contribution in [3.05, 3.63) is 158 Å². The quantitative estimate of drug-likeness (QED) is 0.0146. The lowest BCUT2D eigenvalue weighted by molar-refractivity contribution is -0.161. The smallest absolute Gasteiger partial charge is 0.463 e. The predicted molar refractivity (Wildman–Crippen MR) is 435 cm³/mol. The van der Waals surface area contributed by atoms with Gasteiger partial charge in [0.2, 0.25) is 0 Å². The molecule has 5 atom stereocenters. The molecule has 18 heteroatoms. The summed E-state index contributed by atoms with van der Waals surface area (Å²) in [6, 6.07) is 0. The lowest BCUT2D eigenvalue weighted by atomic mass is 10.0. The summed E-state index contributed by atoms with van der Waals surface area (Å²) in [5, 5.41) is 20.7. The molecule has 0 fully saturated rings. The van der Waals surface area contributed by atoms with Gasteiger partial charge in [0, 0.05) is 19.3 Å². The molecule has 0 amide bonds. The summed E-state index contributed by atoms with van der Waals surface area (Å²) < 4.78 is 61.1. The number of rotatable bonds is 76. The molecule has 0 aliphatic carbocycles. The van der Waals surface area contributed by atoms with Crippen molar-refractivity contribution < 1.29 is 75.8 Å². The van der Waals surface area contributed by atoms with E-state index in [4.69, 9.17) is 32.3 Å². The number of allylic oxidation sites excluding steroid dienone is 26. The Hall–Kier alpha value is -4.83. The number of unbranched alkanes of at least 4 members (excludes halogenated alkanes) is 27. The van der Waals surface area contributed by atoms with Crippen LogP contribution in [0, 0.1) is 0 Å². The number of carbonyl (C=O) groups is 3. The average Bonchev–Trinajstić information content (AvgIpc) is 0.940. The summed E-state index contributed by atoms with van der Waals surface area (Å²) >= 11 is 0. The molecule has 5 unspecified atom stereocenters. The zero-order valence-corrected chi connectivity index (χ0v) is 67.4. The Morgan fingerprint density at radius 2 is 0.476 bits per heavy atom. The maximum atomic E-state index is 13.0. The first-order chi connectivity index (χ1) is 51.2. The fourth-order valence-corrected chi connectivity index (χ4v) is 12.2. The van der Waals surface area contributed by atoms with Gasteiger partial charge < -0.3 is 34.2 Å². The van der Waals surface area contributed by atoms with Gasteiger partial charge in [-0.05, 0) is 141 Å². The largest absolute Gasteiger partial charge is 0.472 e. The summed E-state index contributed by atoms with van der Waals surface area (Å²) in [7, 11) is -9.81. The number of ether oxygens (including phenoxy) is 3. The molecule has 0 radical (unpaired) electrons. The highest BCUT2D eigenvalue weighted by Gasteiger charge is 2.29. The average molecular weight is 1510 g/mol. The Labute approximate surface area is 638 Å². The number of carbonyl (C=O) groups excluding carboxylic acids is 3. The van der Waals surface area contributed by atoms with Crippen LogP contribution in [0.4, 0.5) is 0 Å². The number of hydrogen-bond donors (Lipinski definition) is 4. The van der Waals surface area contributed by atoms with Gasteiger partial charge in [-0.15, -0.1) is 0 Å². The molecule has 4 N–H and O–H groups in total. The van der Waals surface area contributed by atoms with E-state index in [0.717, 1.165) is 167 Å². The van der Waals surface area contributed by atoms with Crippen molar-refractivity contribution in [3.8, 4) is 0 Å². The molecule has 0 aromatic carbocycles. The van der Waals surface area contributed by atoms with Gasteiger partial charge in [0.1, 0.15) is 25.4 Å². The maximum absolute atomic E-state index is 13.0. The first kappa shape index (κ1) is 100. The van der Waals surface area contributed by atoms with Crippen LogP contribution in [0.2, 0.25) is 0 Å². The fourth-order valence-electron chi connectivity index (χ4n) is 10.6. The molecule has 0 saturated heterocycles. The molecule has 0 rings (SSSR count). The molecule has 0 bridgehead atoms. The van der Waals surface area contributed by atoms with Gasteiger partial charge in [-0.1, -0.05) is 314 Å². The Morgan fingerprint density at radius 1 is 0.267 bits per heavy atom. The summed E-state index contributed by atoms with van der Waals surface area (Å²) in [6.45, 7) is 2.30. The monoisotopic (exact) mass is 1510 g/mol. The maximum Gasteiger partial charge on any atom is 0.472 e. The summed E-state index contributed by atoms with van der Waals surface area (Å²) in [5.41, 5.74) is 0. The van der Waals surface area contributed by atoms with E-state index in [1.807, 2.05) is 0 Å². The number of esters is 3. The molecule has 105 heavy (non-hydrogen) atoms. The SMILES string of the molecule is CC/C=C\C/C=C\C/C=C\C/C=C\C/C=C\CCCCCCCCCCCCCCCCCCCC(=O)OCC(O)COP(=O)(O)OCC(O)COP(=O)(O)OCC(COC(=O)CCCCCCC/C=C\C/C=C\C/C=C\C/C=C\C/C=C\CC)OC(=O)CCCCCCC/C=C\C/C=C\C/C=C\CC. The van der Waals surface area contributed by atoms with E-state index in [0.29, 0.717) is 19.3 Å². The number of hydrogen-bond acceptors (Lipinski definition) is 14. The molecule has 0 aliphatic rings. The zero-order valence-electron chi connectivity index (χ0n) is 65.6. The van der Waals surface area contributed by atoms with Gasteiger partial charge in [0.15, 0.2) is 6.10 Å². The first-order valence-corrected chi connectivity index (χ1v) is 43.8. The topological polar surface area (TPSA) is 231 Å². The van der Waals surface area contributed by atoms with E-state index in [-0.39, 0.29) is 19.3 Å². The molecule has 0 heterocycles. The number of phosphoric ester groups is 2. The highest BCUT2D eigenvalue weighted by molar-refractivity contribution is 7.47. The lowest BCUT2D eigenvalue weighted by Crippen LogP contribution is -2.30. The van der Waals surface area contributed by atoms with Crippen LogP contribution in [0.3, 0.4) is 0 Å². The fraction of sp³-hybridized carbons (Fsp3) is 0.667. The minimum absolute atomic E-state index is 0.0762. The molecule has 0 saturated carbocycles. The van der Waals surface area contributed by atoms with E-state index >= 15 is 0 Å². The third kappa shape index (κ3) is 80.0. The predicted octanol–water partition coefficient (Wildman–Crippen LogP) is 24.2. The van der Waals surface area contributed by atoms with E-state index in [9.17, 15) is 43.5 Å². The minimum Gasteiger partial charge on any atom is -0.463 e. The second-order valence-electron chi connectivity index (χ2n) is 26.8. The Kier molecular flexibility index (Phi) is 75.1. The van der Waals surface area contributed by atoms with E-state index in [1.165, 1.54) is 89.9 Å². The summed E-state index contributed by atoms with van der Waals surface area (Å²) in [4.78, 5) is 58.7. The van der Waals surface area contributed by atoms with Crippen LogP contribution >= 0.6 is 15.6 Å². The molecule has 0 aliphatic heterocycles. The third-order valence-electron chi connectivity index (χ3n) is 16.7. The number of aliphatic hydroxyl groups excluding tert-OH is 2. The molecule has 0 spiro atoms. The van der Waals surface area contributed by atoms with Crippen molar-refractivity contribution in [2.75, 3.05) is 39.6 Å². The lowest BCUT2D eigenvalue weighted by Gasteiger charge is -2.21. The van der Waals surface area contributed by atoms with Gasteiger partial charge >= 0.3 is 33.6 Å². The summed E-state index contributed by atoms with van der Waals surface area (Å²) in [5.74, 6) is -1.62. The van der Waals surface area contributed by atoms with Crippen LogP contribution in [-0.4, -0.2) is 95.9 Å². The van der Waals surface area contributed by atoms with Crippen LogP contribution in [0.25, 0.3) is 0 Å². The normalized spacial score (nSPS) is 14.8. The van der Waals surface area contributed by atoms with Crippen molar-refractivity contribution in [2.24, 2.45) is 0 Å². The van der Waals surface area contributed by atoms with Crippen LogP contribution in [0.15, 0.2) is 158 Å². The van der Waals surface area contributed by atoms with Gasteiger partial charge in [0.25, 0.3) is 0 Å². The molecular weight excluding hydrogens is 1360 g/mol. The van der Waals surface area contributed by atoms with Crippen molar-refractivity contribution in [3.63, 3.8) is 0 Å². The minimum atomic E-state index is -4.94. The van der Waals surface area contributed by atoms with Crippen molar-refractivity contribution in [1.29, 1.82) is 0 Å².